The van der Waals surface area contributed by atoms with Crippen molar-refractivity contribution in [2.24, 2.45) is 0 Å². The van der Waals surface area contributed by atoms with E-state index in [9.17, 15) is 27.6 Å². The number of nitrogens with zero attached hydrogens (tertiary/aromatic N) is 1. The average Bonchev–Trinajstić information content (AvgIpc) is 2.25. The fraction of sp³-hybridized carbons (Fsp3) is 0.400. The van der Waals surface area contributed by atoms with Crippen molar-refractivity contribution in [3.63, 3.8) is 0 Å². The summed E-state index contributed by atoms with van der Waals surface area (Å²) < 4.78 is 36.1. The maximum atomic E-state index is 12.0. The van der Waals surface area contributed by atoms with E-state index in [1.807, 2.05) is 4.98 Å². The van der Waals surface area contributed by atoms with E-state index in [-0.39, 0.29) is 24.1 Å². The van der Waals surface area contributed by atoms with Gasteiger partial charge in [-0.05, 0) is 13.3 Å². The van der Waals surface area contributed by atoms with Crippen LogP contribution in [0.3, 0.4) is 0 Å². The maximum Gasteiger partial charge on any atom is 0.471 e. The number of aromatic nitrogens is 2. The second kappa shape index (κ2) is 5.72. The summed E-state index contributed by atoms with van der Waals surface area (Å²) in [4.78, 5) is 38.2. The number of aromatic amines is 1. The van der Waals surface area contributed by atoms with E-state index < -0.39 is 29.6 Å². The van der Waals surface area contributed by atoms with E-state index in [0.717, 1.165) is 0 Å². The summed E-state index contributed by atoms with van der Waals surface area (Å²) in [6.45, 7) is 1.33. The SMILES string of the molecule is Cc1nc(NC(=O)C(F)(F)F)[nH]c(=O)c1CCC(=O)O. The van der Waals surface area contributed by atoms with Crippen LogP contribution in [0, 0.1) is 6.92 Å². The molecule has 7 nitrogen and oxygen atoms in total. The Bertz CT molecular complexity index is 594. The molecule has 0 saturated carbocycles. The summed E-state index contributed by atoms with van der Waals surface area (Å²) in [5.74, 6) is -4.04. The third-order valence-corrected chi connectivity index (χ3v) is 2.30. The largest absolute Gasteiger partial charge is 0.481 e. The monoisotopic (exact) mass is 293 g/mol. The first kappa shape index (κ1) is 15.7. The predicted molar refractivity (Wildman–Crippen MR) is 60.2 cm³/mol. The molecular weight excluding hydrogens is 283 g/mol. The van der Waals surface area contributed by atoms with Crippen LogP contribution in [-0.2, 0) is 16.0 Å². The fourth-order valence-corrected chi connectivity index (χ4v) is 1.37. The second-order valence-electron chi connectivity index (χ2n) is 3.82. The minimum absolute atomic E-state index is 0.0393. The second-order valence-corrected chi connectivity index (χ2v) is 3.82. The van der Waals surface area contributed by atoms with E-state index in [2.05, 4.69) is 4.98 Å². The Morgan fingerprint density at radius 3 is 2.45 bits per heavy atom. The van der Waals surface area contributed by atoms with Crippen LogP contribution in [0.2, 0.25) is 0 Å². The van der Waals surface area contributed by atoms with Crippen LogP contribution in [0.5, 0.6) is 0 Å². The molecule has 0 fully saturated rings. The van der Waals surface area contributed by atoms with Crippen molar-refractivity contribution in [2.45, 2.75) is 25.9 Å². The number of aliphatic carboxylic acids is 1. The lowest BCUT2D eigenvalue weighted by Gasteiger charge is -2.09. The van der Waals surface area contributed by atoms with Gasteiger partial charge in [0.2, 0.25) is 5.95 Å². The number of carbonyl (C=O) groups is 2. The molecule has 0 aromatic carbocycles. The number of hydrogen-bond acceptors (Lipinski definition) is 4. The minimum Gasteiger partial charge on any atom is -0.481 e. The van der Waals surface area contributed by atoms with E-state index in [1.54, 1.807) is 0 Å². The molecule has 0 aliphatic heterocycles. The van der Waals surface area contributed by atoms with Crippen LogP contribution in [0.15, 0.2) is 4.79 Å². The number of H-pyrrole nitrogens is 1. The topological polar surface area (TPSA) is 112 Å². The fourth-order valence-electron chi connectivity index (χ4n) is 1.37. The minimum atomic E-state index is -5.10. The van der Waals surface area contributed by atoms with Crippen LogP contribution >= 0.6 is 0 Å². The number of carboxylic acid groups (broad SMARTS) is 1. The maximum absolute atomic E-state index is 12.0. The van der Waals surface area contributed by atoms with Crippen molar-refractivity contribution < 1.29 is 27.9 Å². The molecule has 0 atom stereocenters. The Labute approximate surface area is 109 Å². The van der Waals surface area contributed by atoms with Crippen LogP contribution < -0.4 is 10.9 Å². The van der Waals surface area contributed by atoms with Gasteiger partial charge < -0.3 is 5.11 Å². The van der Waals surface area contributed by atoms with Crippen molar-refractivity contribution >= 4 is 17.8 Å². The molecule has 0 radical (unpaired) electrons. The molecule has 3 N–H and O–H groups in total. The first-order valence-electron chi connectivity index (χ1n) is 5.31. The number of anilines is 1. The third-order valence-electron chi connectivity index (χ3n) is 2.30. The van der Waals surface area contributed by atoms with Crippen LogP contribution in [0.25, 0.3) is 0 Å². The molecule has 10 heteroatoms. The van der Waals surface area contributed by atoms with E-state index in [0.29, 0.717) is 0 Å². The van der Waals surface area contributed by atoms with Gasteiger partial charge in [-0.15, -0.1) is 0 Å². The van der Waals surface area contributed by atoms with Crippen molar-refractivity contribution in [1.29, 1.82) is 0 Å². The molecule has 0 saturated heterocycles. The zero-order valence-electron chi connectivity index (χ0n) is 10.2. The lowest BCUT2D eigenvalue weighted by molar-refractivity contribution is -0.167. The lowest BCUT2D eigenvalue weighted by Crippen LogP contribution is -2.32. The van der Waals surface area contributed by atoms with Gasteiger partial charge in [0.25, 0.3) is 5.56 Å². The molecule has 1 aromatic heterocycles. The number of halogens is 3. The quantitative estimate of drug-likeness (QED) is 0.752. The van der Waals surface area contributed by atoms with Crippen LogP contribution in [0.4, 0.5) is 19.1 Å². The van der Waals surface area contributed by atoms with Crippen molar-refractivity contribution in [1.82, 2.24) is 9.97 Å². The van der Waals surface area contributed by atoms with E-state index >= 15 is 0 Å². The summed E-state index contributed by atoms with van der Waals surface area (Å²) in [7, 11) is 0. The Kier molecular flexibility index (Phi) is 4.48. The Morgan fingerprint density at radius 2 is 2.00 bits per heavy atom. The predicted octanol–water partition coefficient (Wildman–Crippen LogP) is 0.596. The van der Waals surface area contributed by atoms with Gasteiger partial charge in [0.15, 0.2) is 0 Å². The molecular formula is C10H10F3N3O4. The normalized spacial score (nSPS) is 11.2. The molecule has 110 valence electrons. The van der Waals surface area contributed by atoms with Gasteiger partial charge in [0.1, 0.15) is 0 Å². The Hall–Kier alpha value is -2.39. The highest BCUT2D eigenvalue weighted by Crippen LogP contribution is 2.16. The van der Waals surface area contributed by atoms with Crippen LogP contribution in [-0.4, -0.2) is 33.1 Å². The zero-order chi connectivity index (χ0) is 15.5. The summed E-state index contributed by atoms with van der Waals surface area (Å²) in [6, 6.07) is 0. The summed E-state index contributed by atoms with van der Waals surface area (Å²) >= 11 is 0. The molecule has 0 aliphatic rings. The molecule has 1 amide bonds. The average molecular weight is 293 g/mol. The number of nitrogens with one attached hydrogen (secondary N) is 2. The zero-order valence-corrected chi connectivity index (χ0v) is 10.2. The van der Waals surface area contributed by atoms with E-state index in [1.165, 1.54) is 12.2 Å². The number of alkyl halides is 3. The highest BCUT2D eigenvalue weighted by atomic mass is 19.4. The van der Waals surface area contributed by atoms with Gasteiger partial charge >= 0.3 is 18.1 Å². The summed E-state index contributed by atoms with van der Waals surface area (Å²) in [6.07, 6.45) is -5.54. The smallest absolute Gasteiger partial charge is 0.471 e. The van der Waals surface area contributed by atoms with Gasteiger partial charge in [0, 0.05) is 17.7 Å². The molecule has 0 bridgehead atoms. The first-order valence-corrected chi connectivity index (χ1v) is 5.31. The van der Waals surface area contributed by atoms with Crippen LogP contribution in [0.1, 0.15) is 17.7 Å². The number of carboxylic acids is 1. The number of aryl methyl sites for hydroxylation is 1. The molecule has 1 rings (SSSR count). The Balaban J connectivity index is 2.97. The van der Waals surface area contributed by atoms with Crippen molar-refractivity contribution in [3.8, 4) is 0 Å². The standard InChI is InChI=1S/C10H10F3N3O4/c1-4-5(2-3-6(17)18)7(19)15-9(14-4)16-8(20)10(11,12)13/h2-3H2,1H3,(H,17,18)(H2,14,15,16,19,20). The first-order chi connectivity index (χ1) is 9.11. The molecule has 0 spiro atoms. The number of hydrogen-bond donors (Lipinski definition) is 3. The number of carbonyl (C=O) groups excluding carboxylic acids is 1. The number of rotatable bonds is 4. The van der Waals surface area contributed by atoms with Gasteiger partial charge in [-0.25, -0.2) is 4.98 Å². The van der Waals surface area contributed by atoms with Gasteiger partial charge in [-0.2, -0.15) is 13.2 Å². The Morgan fingerprint density at radius 1 is 1.40 bits per heavy atom. The molecule has 0 aliphatic carbocycles. The molecule has 20 heavy (non-hydrogen) atoms. The third kappa shape index (κ3) is 4.07. The lowest BCUT2D eigenvalue weighted by atomic mass is 10.1. The van der Waals surface area contributed by atoms with Gasteiger partial charge in [-0.1, -0.05) is 0 Å². The highest BCUT2D eigenvalue weighted by Gasteiger charge is 2.39. The highest BCUT2D eigenvalue weighted by molar-refractivity contribution is 5.93. The van der Waals surface area contributed by atoms with Crippen molar-refractivity contribution in [3.05, 3.63) is 21.6 Å². The molecule has 0 unspecified atom stereocenters. The van der Waals surface area contributed by atoms with E-state index in [4.69, 9.17) is 5.11 Å². The van der Waals surface area contributed by atoms with Gasteiger partial charge in [-0.3, -0.25) is 24.7 Å². The summed E-state index contributed by atoms with van der Waals surface area (Å²) in [5, 5.41) is 9.91. The number of amides is 1. The molecule has 1 aromatic rings. The summed E-state index contributed by atoms with van der Waals surface area (Å²) in [5.41, 5.74) is -0.707. The van der Waals surface area contributed by atoms with Gasteiger partial charge in [0.05, 0.1) is 0 Å². The van der Waals surface area contributed by atoms with Crippen molar-refractivity contribution in [2.75, 3.05) is 5.32 Å². The molecule has 1 heterocycles.